The Bertz CT molecular complexity index is 411. The first-order valence-electron chi connectivity index (χ1n) is 6.27. The van der Waals surface area contributed by atoms with Gasteiger partial charge in [0.25, 0.3) is 0 Å². The zero-order valence-electron chi connectivity index (χ0n) is 10.9. The molecule has 1 fully saturated rings. The summed E-state index contributed by atoms with van der Waals surface area (Å²) < 4.78 is 36.6. The highest BCUT2D eigenvalue weighted by molar-refractivity contribution is 8.00. The van der Waals surface area contributed by atoms with Gasteiger partial charge in [0.15, 0.2) is 0 Å². The number of alkyl halides is 3. The predicted octanol–water partition coefficient (Wildman–Crippen LogP) is 3.64. The van der Waals surface area contributed by atoms with Crippen LogP contribution in [0.1, 0.15) is 18.4 Å². The van der Waals surface area contributed by atoms with E-state index in [0.29, 0.717) is 12.6 Å². The van der Waals surface area contributed by atoms with Crippen LogP contribution in [0.5, 0.6) is 0 Å². The van der Waals surface area contributed by atoms with Gasteiger partial charge in [-0.3, -0.25) is 4.90 Å². The molecule has 2 nitrogen and oxygen atoms in total. The summed E-state index contributed by atoms with van der Waals surface area (Å²) in [6.45, 7) is 2.42. The fourth-order valence-electron chi connectivity index (χ4n) is 2.40. The number of rotatable bonds is 4. The van der Waals surface area contributed by atoms with Crippen molar-refractivity contribution in [1.82, 2.24) is 4.90 Å². The van der Waals surface area contributed by atoms with Crippen molar-refractivity contribution in [2.24, 2.45) is 5.73 Å². The minimum atomic E-state index is -4.22. The Morgan fingerprint density at radius 2 is 1.90 bits per heavy atom. The lowest BCUT2D eigenvalue weighted by Gasteiger charge is -2.23. The molecule has 1 aliphatic heterocycles. The van der Waals surface area contributed by atoms with Crippen LogP contribution in [0.15, 0.2) is 29.2 Å². The highest BCUT2D eigenvalue weighted by Gasteiger charge is 2.29. The van der Waals surface area contributed by atoms with Gasteiger partial charge < -0.3 is 5.73 Å². The molecule has 2 N–H and O–H groups in total. The van der Waals surface area contributed by atoms with Crippen molar-refractivity contribution in [3.8, 4) is 0 Å². The van der Waals surface area contributed by atoms with E-state index in [0.717, 1.165) is 31.5 Å². The second-order valence-electron chi connectivity index (χ2n) is 4.69. The molecule has 1 saturated heterocycles. The molecule has 114 valence electrons. The second-order valence-corrected chi connectivity index (χ2v) is 5.83. The van der Waals surface area contributed by atoms with Crippen molar-refractivity contribution in [2.45, 2.75) is 35.8 Å². The summed E-state index contributed by atoms with van der Waals surface area (Å²) >= 11 is -0.0764. The van der Waals surface area contributed by atoms with E-state index >= 15 is 0 Å². The number of nitrogens with two attached hydrogens (primary N) is 1. The lowest BCUT2D eigenvalue weighted by atomic mass is 10.2. The van der Waals surface area contributed by atoms with E-state index in [1.54, 1.807) is 12.1 Å². The van der Waals surface area contributed by atoms with E-state index in [1.807, 2.05) is 0 Å². The molecule has 0 aromatic heterocycles. The van der Waals surface area contributed by atoms with Gasteiger partial charge in [-0.1, -0.05) is 12.1 Å². The van der Waals surface area contributed by atoms with Crippen molar-refractivity contribution in [1.29, 1.82) is 0 Å². The van der Waals surface area contributed by atoms with Crippen LogP contribution in [0.4, 0.5) is 13.2 Å². The first-order chi connectivity index (χ1) is 8.98. The van der Waals surface area contributed by atoms with Gasteiger partial charge in [-0.2, -0.15) is 13.2 Å². The lowest BCUT2D eigenvalue weighted by Crippen LogP contribution is -2.34. The third kappa shape index (κ3) is 5.16. The van der Waals surface area contributed by atoms with E-state index in [9.17, 15) is 13.2 Å². The topological polar surface area (TPSA) is 29.3 Å². The number of halogens is 4. The summed E-state index contributed by atoms with van der Waals surface area (Å²) in [5.74, 6) is 0. The lowest BCUT2D eigenvalue weighted by molar-refractivity contribution is -0.0328. The molecule has 0 saturated carbocycles. The summed E-state index contributed by atoms with van der Waals surface area (Å²) in [7, 11) is 0. The van der Waals surface area contributed by atoms with E-state index in [4.69, 9.17) is 5.73 Å². The molecule has 20 heavy (non-hydrogen) atoms. The molecule has 1 unspecified atom stereocenters. The third-order valence-electron chi connectivity index (χ3n) is 3.31. The van der Waals surface area contributed by atoms with Crippen molar-refractivity contribution < 1.29 is 13.2 Å². The smallest absolute Gasteiger partial charge is 0.329 e. The van der Waals surface area contributed by atoms with Crippen LogP contribution in [0.3, 0.4) is 0 Å². The molecular weight excluding hydrogens is 309 g/mol. The minimum absolute atomic E-state index is 0. The van der Waals surface area contributed by atoms with Crippen molar-refractivity contribution in [2.75, 3.05) is 13.1 Å². The number of thioether (sulfide) groups is 1. The Morgan fingerprint density at radius 3 is 2.45 bits per heavy atom. The van der Waals surface area contributed by atoms with E-state index in [1.165, 1.54) is 12.1 Å². The second kappa shape index (κ2) is 7.54. The Kier molecular flexibility index (Phi) is 6.64. The van der Waals surface area contributed by atoms with Gasteiger partial charge in [0.05, 0.1) is 0 Å². The monoisotopic (exact) mass is 326 g/mol. The zero-order valence-corrected chi connectivity index (χ0v) is 12.5. The third-order valence-corrected chi connectivity index (χ3v) is 4.05. The highest BCUT2D eigenvalue weighted by atomic mass is 35.5. The molecular formula is C13H18ClF3N2S. The van der Waals surface area contributed by atoms with Crippen LogP contribution in [0.2, 0.25) is 0 Å². The van der Waals surface area contributed by atoms with E-state index in [-0.39, 0.29) is 29.1 Å². The van der Waals surface area contributed by atoms with Gasteiger partial charge in [-0.25, -0.2) is 0 Å². The molecule has 1 atom stereocenters. The van der Waals surface area contributed by atoms with Gasteiger partial charge in [-0.15, -0.1) is 12.4 Å². The minimum Gasteiger partial charge on any atom is -0.329 e. The molecule has 1 aromatic carbocycles. The van der Waals surface area contributed by atoms with E-state index < -0.39 is 5.51 Å². The number of hydrogen-bond donors (Lipinski definition) is 1. The average molecular weight is 327 g/mol. The summed E-state index contributed by atoms with van der Waals surface area (Å²) in [5.41, 5.74) is 2.51. The molecule has 1 aromatic rings. The number of hydrogen-bond acceptors (Lipinski definition) is 3. The van der Waals surface area contributed by atoms with Crippen LogP contribution >= 0.6 is 24.2 Å². The standard InChI is InChI=1S/C13H17F3N2S.ClH/c14-13(15,16)19-12-5-3-10(4-6-12)9-18-7-1-2-11(18)8-17;/h3-6,11H,1-2,7-9,17H2;1H. The SMILES string of the molecule is Cl.NCC1CCCN1Cc1ccc(SC(F)(F)F)cc1. The molecule has 0 bridgehead atoms. The Morgan fingerprint density at radius 1 is 1.25 bits per heavy atom. The quantitative estimate of drug-likeness (QED) is 0.856. The van der Waals surface area contributed by atoms with Crippen LogP contribution in [-0.2, 0) is 6.54 Å². The van der Waals surface area contributed by atoms with Crippen molar-refractivity contribution in [3.63, 3.8) is 0 Å². The van der Waals surface area contributed by atoms with Crippen LogP contribution in [0.25, 0.3) is 0 Å². The van der Waals surface area contributed by atoms with Crippen LogP contribution < -0.4 is 5.73 Å². The molecule has 0 spiro atoms. The molecule has 2 rings (SSSR count). The number of likely N-dealkylation sites (tertiary alicyclic amines) is 1. The molecule has 1 aliphatic rings. The maximum absolute atomic E-state index is 12.2. The normalized spacial score (nSPS) is 19.9. The fourth-order valence-corrected chi connectivity index (χ4v) is 2.94. The molecule has 0 amide bonds. The largest absolute Gasteiger partial charge is 0.446 e. The van der Waals surface area contributed by atoms with Gasteiger partial charge in [0.1, 0.15) is 0 Å². The fraction of sp³-hybridized carbons (Fsp3) is 0.538. The maximum atomic E-state index is 12.2. The van der Waals surface area contributed by atoms with Crippen LogP contribution in [-0.4, -0.2) is 29.5 Å². The summed E-state index contributed by atoms with van der Waals surface area (Å²) in [5, 5.41) is 0. The predicted molar refractivity (Wildman–Crippen MR) is 78.1 cm³/mol. The molecule has 7 heteroatoms. The van der Waals surface area contributed by atoms with E-state index in [2.05, 4.69) is 4.90 Å². The highest BCUT2D eigenvalue weighted by Crippen LogP contribution is 2.36. The Hall–Kier alpha value is -0.430. The maximum Gasteiger partial charge on any atom is 0.446 e. The van der Waals surface area contributed by atoms with Gasteiger partial charge in [0.2, 0.25) is 0 Å². The Balaban J connectivity index is 0.00000200. The first-order valence-corrected chi connectivity index (χ1v) is 7.08. The van der Waals surface area contributed by atoms with Crippen molar-refractivity contribution >= 4 is 24.2 Å². The number of nitrogens with zero attached hydrogens (tertiary/aromatic N) is 1. The molecule has 0 radical (unpaired) electrons. The molecule has 0 aliphatic carbocycles. The van der Waals surface area contributed by atoms with Gasteiger partial charge >= 0.3 is 5.51 Å². The zero-order chi connectivity index (χ0) is 13.9. The summed E-state index contributed by atoms with van der Waals surface area (Å²) in [6.07, 6.45) is 2.25. The first kappa shape index (κ1) is 17.6. The van der Waals surface area contributed by atoms with Gasteiger partial charge in [-0.05, 0) is 48.8 Å². The van der Waals surface area contributed by atoms with Crippen molar-refractivity contribution in [3.05, 3.63) is 29.8 Å². The summed E-state index contributed by atoms with van der Waals surface area (Å²) in [4.78, 5) is 2.53. The van der Waals surface area contributed by atoms with Crippen LogP contribution in [0, 0.1) is 0 Å². The number of benzene rings is 1. The summed E-state index contributed by atoms with van der Waals surface area (Å²) in [6, 6.07) is 6.99. The Labute approximate surface area is 127 Å². The molecule has 1 heterocycles. The van der Waals surface area contributed by atoms with Gasteiger partial charge in [0, 0.05) is 24.0 Å². The average Bonchev–Trinajstić information content (AvgIpc) is 2.77.